The predicted molar refractivity (Wildman–Crippen MR) is 112 cm³/mol. The minimum absolute atomic E-state index is 0.0137. The van der Waals surface area contributed by atoms with Crippen LogP contribution in [0.1, 0.15) is 31.4 Å². The summed E-state index contributed by atoms with van der Waals surface area (Å²) in [7, 11) is 3.01. The highest BCUT2D eigenvalue weighted by molar-refractivity contribution is 7.99. The Bertz CT molecular complexity index is 1130. The van der Waals surface area contributed by atoms with Crippen molar-refractivity contribution in [3.8, 4) is 11.4 Å². The van der Waals surface area contributed by atoms with E-state index in [1.54, 1.807) is 30.9 Å². The summed E-state index contributed by atoms with van der Waals surface area (Å²) < 4.78 is 11.8. The summed E-state index contributed by atoms with van der Waals surface area (Å²) in [5, 5.41) is 11.7. The van der Waals surface area contributed by atoms with Crippen LogP contribution in [-0.2, 0) is 16.6 Å². The van der Waals surface area contributed by atoms with Gasteiger partial charge in [0, 0.05) is 7.05 Å². The number of aromatic nitrogens is 3. The summed E-state index contributed by atoms with van der Waals surface area (Å²) in [6.45, 7) is 3.40. The molecule has 2 amide bonds. The second-order valence-corrected chi connectivity index (χ2v) is 8.17. The van der Waals surface area contributed by atoms with Crippen molar-refractivity contribution >= 4 is 45.9 Å². The third-order valence-corrected chi connectivity index (χ3v) is 6.52. The Morgan fingerprint density at radius 3 is 2.67 bits per heavy atom. The highest BCUT2D eigenvalue weighted by atomic mass is 32.2. The molecule has 0 saturated carbocycles. The lowest BCUT2D eigenvalue weighted by molar-refractivity contribution is -0.113. The molecule has 0 aliphatic heterocycles. The van der Waals surface area contributed by atoms with E-state index in [0.29, 0.717) is 22.3 Å². The summed E-state index contributed by atoms with van der Waals surface area (Å²) in [4.78, 5) is 36.3. The summed E-state index contributed by atoms with van der Waals surface area (Å²) in [5.41, 5.74) is 6.66. The fourth-order valence-corrected chi connectivity index (χ4v) is 4.54. The maximum Gasteiger partial charge on any atom is 0.341 e. The minimum atomic E-state index is -0.682. The Morgan fingerprint density at radius 2 is 2.07 bits per heavy atom. The van der Waals surface area contributed by atoms with Crippen LogP contribution in [0.15, 0.2) is 21.9 Å². The van der Waals surface area contributed by atoms with E-state index in [4.69, 9.17) is 14.9 Å². The molecule has 3 N–H and O–H groups in total. The fourth-order valence-electron chi connectivity index (χ4n) is 2.77. The van der Waals surface area contributed by atoms with Crippen LogP contribution in [0, 0.1) is 13.8 Å². The summed E-state index contributed by atoms with van der Waals surface area (Å²) in [6, 6.07) is 1.80. The SMILES string of the molecule is COC(=O)c1c(NC(=O)CSc2nnc(-c3ccoc3C)n2C)sc(C(N)=O)c1C. The molecule has 0 radical (unpaired) electrons. The lowest BCUT2D eigenvalue weighted by Crippen LogP contribution is -2.16. The first kappa shape index (κ1) is 21.6. The molecule has 3 aromatic rings. The number of thiophene rings is 1. The first-order valence-corrected chi connectivity index (χ1v) is 10.4. The number of ether oxygens (including phenoxy) is 1. The molecule has 0 atom stereocenters. The van der Waals surface area contributed by atoms with E-state index < -0.39 is 11.9 Å². The van der Waals surface area contributed by atoms with Crippen LogP contribution in [-0.4, -0.2) is 45.4 Å². The van der Waals surface area contributed by atoms with Crippen molar-refractivity contribution in [3.63, 3.8) is 0 Å². The second-order valence-electron chi connectivity index (χ2n) is 6.21. The third kappa shape index (κ3) is 4.09. The van der Waals surface area contributed by atoms with Gasteiger partial charge in [-0.05, 0) is 25.5 Å². The second kappa shape index (κ2) is 8.71. The van der Waals surface area contributed by atoms with E-state index >= 15 is 0 Å². The molecule has 0 saturated heterocycles. The van der Waals surface area contributed by atoms with Gasteiger partial charge in [-0.25, -0.2) is 4.79 Å². The number of anilines is 1. The van der Waals surface area contributed by atoms with Crippen molar-refractivity contribution in [2.45, 2.75) is 19.0 Å². The monoisotopic (exact) mass is 449 g/mol. The smallest absolute Gasteiger partial charge is 0.341 e. The zero-order valence-electron chi connectivity index (χ0n) is 16.6. The molecule has 3 heterocycles. The Kier molecular flexibility index (Phi) is 6.27. The number of nitrogens with zero attached hydrogens (tertiary/aromatic N) is 3. The molecule has 10 nitrogen and oxygen atoms in total. The van der Waals surface area contributed by atoms with Crippen LogP contribution in [0.2, 0.25) is 0 Å². The lowest BCUT2D eigenvalue weighted by Gasteiger charge is -2.06. The first-order valence-electron chi connectivity index (χ1n) is 8.62. The number of primary amides is 1. The van der Waals surface area contributed by atoms with Gasteiger partial charge >= 0.3 is 5.97 Å². The molecular weight excluding hydrogens is 430 g/mol. The number of hydrogen-bond acceptors (Lipinski definition) is 9. The molecule has 3 rings (SSSR count). The average molecular weight is 450 g/mol. The molecule has 158 valence electrons. The van der Waals surface area contributed by atoms with Crippen LogP contribution >= 0.6 is 23.1 Å². The molecule has 30 heavy (non-hydrogen) atoms. The number of nitrogens with one attached hydrogen (secondary N) is 1. The molecule has 0 bridgehead atoms. The number of thioether (sulfide) groups is 1. The molecular formula is C18H19N5O5S2. The number of aryl methyl sites for hydroxylation is 1. The number of esters is 1. The van der Waals surface area contributed by atoms with Crippen LogP contribution in [0.25, 0.3) is 11.4 Å². The molecule has 0 unspecified atom stereocenters. The van der Waals surface area contributed by atoms with Crippen molar-refractivity contribution in [3.05, 3.63) is 34.1 Å². The van der Waals surface area contributed by atoms with Gasteiger partial charge in [0.2, 0.25) is 5.91 Å². The third-order valence-electron chi connectivity index (χ3n) is 4.28. The van der Waals surface area contributed by atoms with Gasteiger partial charge < -0.3 is 24.8 Å². The van der Waals surface area contributed by atoms with Crippen LogP contribution in [0.4, 0.5) is 5.00 Å². The lowest BCUT2D eigenvalue weighted by atomic mass is 10.1. The van der Waals surface area contributed by atoms with Crippen LogP contribution < -0.4 is 11.1 Å². The van der Waals surface area contributed by atoms with E-state index in [0.717, 1.165) is 16.9 Å². The Hall–Kier alpha value is -3.12. The largest absolute Gasteiger partial charge is 0.469 e. The van der Waals surface area contributed by atoms with Gasteiger partial charge in [-0.1, -0.05) is 11.8 Å². The van der Waals surface area contributed by atoms with Gasteiger partial charge in [0.25, 0.3) is 5.91 Å². The van der Waals surface area contributed by atoms with Gasteiger partial charge in [0.05, 0.1) is 35.1 Å². The molecule has 0 spiro atoms. The first-order chi connectivity index (χ1) is 14.2. The number of amides is 2. The maximum absolute atomic E-state index is 12.5. The normalized spacial score (nSPS) is 10.8. The molecule has 0 aliphatic rings. The average Bonchev–Trinajstić information content (AvgIpc) is 3.37. The quantitative estimate of drug-likeness (QED) is 0.413. The predicted octanol–water partition coefficient (Wildman–Crippen LogP) is 2.37. The molecule has 0 fully saturated rings. The summed E-state index contributed by atoms with van der Waals surface area (Å²) >= 11 is 2.11. The number of nitrogens with two attached hydrogens (primary N) is 1. The van der Waals surface area contributed by atoms with E-state index in [1.807, 2.05) is 6.92 Å². The van der Waals surface area contributed by atoms with Gasteiger partial charge in [0.1, 0.15) is 10.8 Å². The number of carbonyl (C=O) groups is 3. The Morgan fingerprint density at radius 1 is 1.33 bits per heavy atom. The van der Waals surface area contributed by atoms with E-state index in [1.165, 1.54) is 18.9 Å². The highest BCUT2D eigenvalue weighted by Gasteiger charge is 2.25. The topological polar surface area (TPSA) is 142 Å². The number of rotatable bonds is 7. The number of furan rings is 1. The summed E-state index contributed by atoms with van der Waals surface area (Å²) in [5.74, 6) is -0.372. The number of hydrogen-bond donors (Lipinski definition) is 2. The van der Waals surface area contributed by atoms with E-state index in [-0.39, 0.29) is 27.1 Å². The van der Waals surface area contributed by atoms with Gasteiger partial charge in [-0.3, -0.25) is 9.59 Å². The van der Waals surface area contributed by atoms with E-state index in [9.17, 15) is 14.4 Å². The van der Waals surface area contributed by atoms with Gasteiger partial charge in [0.15, 0.2) is 11.0 Å². The minimum Gasteiger partial charge on any atom is -0.469 e. The van der Waals surface area contributed by atoms with Crippen LogP contribution in [0.5, 0.6) is 0 Å². The fraction of sp³-hybridized carbons (Fsp3) is 0.278. The molecule has 0 aromatic carbocycles. The van der Waals surface area contributed by atoms with Gasteiger partial charge in [-0.2, -0.15) is 0 Å². The zero-order chi connectivity index (χ0) is 22.0. The van der Waals surface area contributed by atoms with Crippen molar-refractivity contribution in [2.75, 3.05) is 18.2 Å². The van der Waals surface area contributed by atoms with Crippen LogP contribution in [0.3, 0.4) is 0 Å². The number of methoxy groups -OCH3 is 1. The van der Waals surface area contributed by atoms with Crippen molar-refractivity contribution in [2.24, 2.45) is 12.8 Å². The Balaban J connectivity index is 1.74. The maximum atomic E-state index is 12.5. The highest BCUT2D eigenvalue weighted by Crippen LogP contribution is 2.34. The standard InChI is InChI=1S/C18H19N5O5S2/c1-8-12(17(26)27-4)16(30-13(8)14(19)25)20-11(24)7-29-18-22-21-15(23(18)3)10-5-6-28-9(10)2/h5-6H,7H2,1-4H3,(H2,19,25)(H,20,24). The molecule has 0 aliphatic carbocycles. The number of carbonyl (C=O) groups excluding carboxylic acids is 3. The summed E-state index contributed by atoms with van der Waals surface area (Å²) in [6.07, 6.45) is 1.57. The Labute approximate surface area is 179 Å². The van der Waals surface area contributed by atoms with E-state index in [2.05, 4.69) is 15.5 Å². The van der Waals surface area contributed by atoms with Crippen molar-refractivity contribution in [1.29, 1.82) is 0 Å². The van der Waals surface area contributed by atoms with Crippen molar-refractivity contribution in [1.82, 2.24) is 14.8 Å². The zero-order valence-corrected chi connectivity index (χ0v) is 18.3. The van der Waals surface area contributed by atoms with Crippen molar-refractivity contribution < 1.29 is 23.5 Å². The molecule has 12 heteroatoms. The molecule has 3 aromatic heterocycles. The van der Waals surface area contributed by atoms with Gasteiger partial charge in [-0.15, -0.1) is 21.5 Å².